The summed E-state index contributed by atoms with van der Waals surface area (Å²) in [5, 5.41) is 9.84. The van der Waals surface area contributed by atoms with E-state index < -0.39 is 0 Å². The zero-order chi connectivity index (χ0) is 21.6. The molecule has 0 radical (unpaired) electrons. The van der Waals surface area contributed by atoms with Gasteiger partial charge in [-0.15, -0.1) is 0 Å². The van der Waals surface area contributed by atoms with E-state index in [0.717, 1.165) is 44.2 Å². The van der Waals surface area contributed by atoms with Gasteiger partial charge >= 0.3 is 0 Å². The van der Waals surface area contributed by atoms with E-state index in [-0.39, 0.29) is 17.2 Å². The largest absolute Gasteiger partial charge is 0.292 e. The average molecular weight is 417 g/mol. The first-order valence-electron chi connectivity index (χ1n) is 11.1. The van der Waals surface area contributed by atoms with Gasteiger partial charge in [-0.1, -0.05) is 61.9 Å². The Labute approximate surface area is 182 Å². The topological polar surface area (TPSA) is 76.3 Å². The number of unbranched alkanes of at least 4 members (excludes halogenated alkanes) is 1. The first-order chi connectivity index (χ1) is 15.2. The molecule has 1 aliphatic carbocycles. The Morgan fingerprint density at radius 3 is 2.45 bits per heavy atom. The number of aromatic nitrogens is 2. The lowest BCUT2D eigenvalue weighted by Gasteiger charge is -2.23. The summed E-state index contributed by atoms with van der Waals surface area (Å²) < 4.78 is 1.40. The zero-order valence-electron chi connectivity index (χ0n) is 17.9. The Hall–Kier alpha value is -3.28. The van der Waals surface area contributed by atoms with E-state index in [1.54, 1.807) is 18.2 Å². The monoisotopic (exact) mass is 416 g/mol. The van der Waals surface area contributed by atoms with Crippen LogP contribution in [0.3, 0.4) is 0 Å². The third-order valence-electron chi connectivity index (χ3n) is 5.96. The van der Waals surface area contributed by atoms with Crippen LogP contribution in [0.2, 0.25) is 0 Å². The lowest BCUT2D eigenvalue weighted by Crippen LogP contribution is -2.29. The van der Waals surface area contributed by atoms with E-state index in [1.165, 1.54) is 10.2 Å². The minimum atomic E-state index is -0.376. The van der Waals surface area contributed by atoms with Crippen molar-refractivity contribution in [1.82, 2.24) is 15.2 Å². The number of nitrogens with one attached hydrogen (secondary N) is 1. The van der Waals surface area contributed by atoms with Crippen LogP contribution in [0.15, 0.2) is 64.5 Å². The Kier molecular flexibility index (Phi) is 6.55. The summed E-state index contributed by atoms with van der Waals surface area (Å²) >= 11 is 0. The summed E-state index contributed by atoms with van der Waals surface area (Å²) in [6, 6.07) is 17.7. The molecule has 1 N–H and O–H groups in total. The van der Waals surface area contributed by atoms with Crippen LogP contribution in [0.5, 0.6) is 0 Å². The molecule has 3 aromatic rings. The number of aryl methyl sites for hydroxylation is 1. The Morgan fingerprint density at radius 2 is 1.74 bits per heavy atom. The molecule has 31 heavy (non-hydrogen) atoms. The molecule has 0 aliphatic heterocycles. The first kappa shape index (κ1) is 21.0. The van der Waals surface area contributed by atoms with E-state index in [2.05, 4.69) is 46.8 Å². The third kappa shape index (κ3) is 4.74. The number of fused-ring (bicyclic) bond motifs is 1. The molecule has 0 spiro atoms. The molecule has 0 atom stereocenters. The van der Waals surface area contributed by atoms with Gasteiger partial charge < -0.3 is 0 Å². The van der Waals surface area contributed by atoms with Gasteiger partial charge in [-0.05, 0) is 49.7 Å². The van der Waals surface area contributed by atoms with Gasteiger partial charge in [-0.2, -0.15) is 10.2 Å². The van der Waals surface area contributed by atoms with E-state index in [0.29, 0.717) is 23.2 Å². The van der Waals surface area contributed by atoms with Crippen molar-refractivity contribution in [3.63, 3.8) is 0 Å². The number of nitrogens with zero attached hydrogens (tertiary/aromatic N) is 3. The van der Waals surface area contributed by atoms with Crippen molar-refractivity contribution in [2.45, 2.75) is 57.9 Å². The summed E-state index contributed by atoms with van der Waals surface area (Å²) in [7, 11) is 0. The quantitative estimate of drug-likeness (QED) is 0.595. The standard InChI is InChI=1S/C25H28N4O2/c1-2-3-17-29-25(31)22-12-8-7-11-21(22)23(28-29)24(30)27-26-20-15-13-19(14-16-20)18-9-5-4-6-10-18/h4-12,19H,2-3,13-17H2,1H3,(H,27,30). The minimum absolute atomic E-state index is 0.161. The molecule has 1 saturated carbocycles. The molecule has 0 unspecified atom stereocenters. The smallest absolute Gasteiger partial charge is 0.267 e. The number of hydrogen-bond donors (Lipinski definition) is 1. The second-order valence-electron chi connectivity index (χ2n) is 8.08. The predicted octanol–water partition coefficient (Wildman–Crippen LogP) is 4.64. The summed E-state index contributed by atoms with van der Waals surface area (Å²) in [5.74, 6) is 0.169. The molecule has 0 bridgehead atoms. The number of carbonyl (C=O) groups excluding carboxylic acids is 1. The van der Waals surface area contributed by atoms with Crippen LogP contribution in [0.25, 0.3) is 10.8 Å². The fraction of sp³-hybridized carbons (Fsp3) is 0.360. The summed E-state index contributed by atoms with van der Waals surface area (Å²) in [6.45, 7) is 2.55. The molecule has 6 heteroatoms. The molecule has 2 aromatic carbocycles. The van der Waals surface area contributed by atoms with E-state index in [1.807, 2.05) is 12.1 Å². The predicted molar refractivity (Wildman–Crippen MR) is 123 cm³/mol. The fourth-order valence-corrected chi connectivity index (χ4v) is 4.17. The molecule has 4 rings (SSSR count). The molecule has 160 valence electrons. The third-order valence-corrected chi connectivity index (χ3v) is 5.96. The number of benzene rings is 2. The maximum Gasteiger partial charge on any atom is 0.292 e. The summed E-state index contributed by atoms with van der Waals surface area (Å²) in [4.78, 5) is 25.6. The van der Waals surface area contributed by atoms with Crippen LogP contribution in [0.1, 0.15) is 67.4 Å². The first-order valence-corrected chi connectivity index (χ1v) is 11.1. The molecule has 1 aromatic heterocycles. The molecule has 0 saturated heterocycles. The van der Waals surface area contributed by atoms with Crippen LogP contribution in [-0.2, 0) is 6.54 Å². The van der Waals surface area contributed by atoms with Crippen molar-refractivity contribution in [2.24, 2.45) is 5.10 Å². The minimum Gasteiger partial charge on any atom is -0.267 e. The Bertz CT molecular complexity index is 1140. The Balaban J connectivity index is 1.50. The number of amides is 1. The van der Waals surface area contributed by atoms with E-state index in [4.69, 9.17) is 0 Å². The molecule has 1 amide bonds. The summed E-state index contributed by atoms with van der Waals surface area (Å²) in [5.41, 5.74) is 5.15. The molecular formula is C25H28N4O2. The number of rotatable bonds is 6. The van der Waals surface area contributed by atoms with Gasteiger partial charge in [0.1, 0.15) is 0 Å². The molecule has 1 heterocycles. The highest BCUT2D eigenvalue weighted by molar-refractivity contribution is 6.05. The Morgan fingerprint density at radius 1 is 1.06 bits per heavy atom. The van der Waals surface area contributed by atoms with Gasteiger partial charge in [0.25, 0.3) is 11.5 Å². The van der Waals surface area contributed by atoms with Crippen LogP contribution >= 0.6 is 0 Å². The highest BCUT2D eigenvalue weighted by atomic mass is 16.2. The number of hydrogen-bond acceptors (Lipinski definition) is 4. The van der Waals surface area contributed by atoms with Crippen LogP contribution in [0, 0.1) is 0 Å². The normalized spacial score (nSPS) is 16.3. The summed E-state index contributed by atoms with van der Waals surface area (Å²) in [6.07, 6.45) is 5.56. The lowest BCUT2D eigenvalue weighted by molar-refractivity contribution is 0.0949. The van der Waals surface area contributed by atoms with Gasteiger partial charge in [-0.25, -0.2) is 10.1 Å². The van der Waals surface area contributed by atoms with E-state index >= 15 is 0 Å². The highest BCUT2D eigenvalue weighted by Gasteiger charge is 2.20. The van der Waals surface area contributed by atoms with Crippen molar-refractivity contribution >= 4 is 22.4 Å². The second-order valence-corrected chi connectivity index (χ2v) is 8.08. The molecule has 6 nitrogen and oxygen atoms in total. The van der Waals surface area contributed by atoms with E-state index in [9.17, 15) is 9.59 Å². The average Bonchev–Trinajstić information content (AvgIpc) is 2.83. The maximum absolute atomic E-state index is 12.9. The van der Waals surface area contributed by atoms with Gasteiger partial charge in [0, 0.05) is 17.6 Å². The van der Waals surface area contributed by atoms with Crippen LogP contribution in [-0.4, -0.2) is 21.4 Å². The zero-order valence-corrected chi connectivity index (χ0v) is 17.9. The second kappa shape index (κ2) is 9.69. The highest BCUT2D eigenvalue weighted by Crippen LogP contribution is 2.31. The van der Waals surface area contributed by atoms with Gasteiger partial charge in [0.05, 0.1) is 5.39 Å². The van der Waals surface area contributed by atoms with Gasteiger partial charge in [0.2, 0.25) is 0 Å². The SMILES string of the molecule is CCCCn1nc(C(=O)NN=C2CCC(c3ccccc3)CC2)c2ccccc2c1=O. The van der Waals surface area contributed by atoms with Crippen molar-refractivity contribution in [3.8, 4) is 0 Å². The number of carbonyl (C=O) groups is 1. The van der Waals surface area contributed by atoms with Crippen LogP contribution < -0.4 is 11.0 Å². The lowest BCUT2D eigenvalue weighted by atomic mass is 9.83. The van der Waals surface area contributed by atoms with Crippen LogP contribution in [0.4, 0.5) is 0 Å². The van der Waals surface area contributed by atoms with Gasteiger partial charge in [-0.3, -0.25) is 9.59 Å². The molecule has 1 aliphatic rings. The van der Waals surface area contributed by atoms with Crippen molar-refractivity contribution in [1.29, 1.82) is 0 Å². The molecular weight excluding hydrogens is 388 g/mol. The van der Waals surface area contributed by atoms with Crippen molar-refractivity contribution in [3.05, 3.63) is 76.2 Å². The molecule has 1 fully saturated rings. The maximum atomic E-state index is 12.9. The van der Waals surface area contributed by atoms with Gasteiger partial charge in [0.15, 0.2) is 5.69 Å². The van der Waals surface area contributed by atoms with Crippen molar-refractivity contribution < 1.29 is 4.79 Å². The fourth-order valence-electron chi connectivity index (χ4n) is 4.17. The van der Waals surface area contributed by atoms with Crippen molar-refractivity contribution in [2.75, 3.05) is 0 Å². The number of hydrazone groups is 1.